The molecule has 0 spiro atoms. The minimum Gasteiger partial charge on any atom is -0.345 e. The van der Waals surface area contributed by atoms with E-state index in [1.807, 2.05) is 0 Å². The highest BCUT2D eigenvalue weighted by Gasteiger charge is 2.39. The van der Waals surface area contributed by atoms with Crippen LogP contribution < -0.4 is 19.6 Å². The van der Waals surface area contributed by atoms with Crippen LogP contribution in [0.25, 0.3) is 66.8 Å². The fourth-order valence-electron chi connectivity index (χ4n) is 16.6. The fourth-order valence-corrected chi connectivity index (χ4v) is 16.6. The average molecular weight is 1350 g/mol. The van der Waals surface area contributed by atoms with Crippen LogP contribution in [0.15, 0.2) is 340 Å². The van der Waals surface area contributed by atoms with Gasteiger partial charge in [0.15, 0.2) is 0 Å². The first-order valence-corrected chi connectivity index (χ1v) is 36.6. The first-order chi connectivity index (χ1) is 50.3. The highest BCUT2D eigenvalue weighted by Crippen LogP contribution is 2.54. The van der Waals surface area contributed by atoms with Gasteiger partial charge in [-0.3, -0.25) is 0 Å². The van der Waals surface area contributed by atoms with Crippen LogP contribution in [-0.4, -0.2) is 28.2 Å². The number of benzene rings is 14. The van der Waals surface area contributed by atoms with Crippen LogP contribution in [0.5, 0.6) is 0 Å². The monoisotopic (exact) mass is 1350 g/mol. The summed E-state index contributed by atoms with van der Waals surface area (Å²) in [4.78, 5) is 9.03. The molecule has 0 saturated heterocycles. The Balaban J connectivity index is 0.000000112. The van der Waals surface area contributed by atoms with Crippen LogP contribution in [0.4, 0.5) is 45.5 Å². The lowest BCUT2D eigenvalue weighted by molar-refractivity contribution is 0.660. The lowest BCUT2D eigenvalue weighted by Gasteiger charge is -2.25. The fraction of sp³-hybridized carbons (Fsp3) is 0.160. The number of hydrogen-bond acceptors (Lipinski definition) is 4. The normalized spacial score (nSPS) is 13.9. The second kappa shape index (κ2) is 27.6. The van der Waals surface area contributed by atoms with Crippen molar-refractivity contribution in [2.45, 2.75) is 77.0 Å². The Bertz CT molecular complexity index is 5420. The highest BCUT2D eigenvalue weighted by molar-refractivity contribution is 5.88. The van der Waals surface area contributed by atoms with Crippen LogP contribution in [0.2, 0.25) is 0 Å². The molecule has 512 valence electrons. The lowest BCUT2D eigenvalue weighted by atomic mass is 9.82. The van der Waals surface area contributed by atoms with Gasteiger partial charge in [-0.15, -0.1) is 0 Å². The van der Waals surface area contributed by atoms with Gasteiger partial charge in [-0.05, 0) is 208 Å². The summed E-state index contributed by atoms with van der Waals surface area (Å²) in [5.41, 5.74) is 37.2. The van der Waals surface area contributed by atoms with Crippen molar-refractivity contribution in [3.05, 3.63) is 384 Å². The van der Waals surface area contributed by atoms with Crippen molar-refractivity contribution in [2.24, 2.45) is 0 Å². The Morgan fingerprint density at radius 1 is 0.154 bits per heavy atom. The maximum atomic E-state index is 2.36. The van der Waals surface area contributed by atoms with Crippen molar-refractivity contribution < 1.29 is 0 Å². The van der Waals surface area contributed by atoms with Crippen LogP contribution in [0.1, 0.15) is 99.9 Å². The Morgan fingerprint density at radius 3 is 0.673 bits per heavy atom. The summed E-state index contributed by atoms with van der Waals surface area (Å²) in [6, 6.07) is 122. The Hall–Kier alpha value is -11.7. The van der Waals surface area contributed by atoms with Gasteiger partial charge in [0.2, 0.25) is 0 Å². The van der Waals surface area contributed by atoms with Crippen LogP contribution in [-0.2, 0) is 21.7 Å². The minimum absolute atomic E-state index is 0.0277. The van der Waals surface area contributed by atoms with E-state index in [0.717, 1.165) is 0 Å². The minimum atomic E-state index is 0.0277. The molecular formula is C100H92N4. The van der Waals surface area contributed by atoms with Gasteiger partial charge < -0.3 is 19.6 Å². The highest BCUT2D eigenvalue weighted by atomic mass is 15.1. The van der Waals surface area contributed by atoms with Crippen molar-refractivity contribution in [1.82, 2.24) is 0 Å². The first kappa shape index (κ1) is 68.1. The molecule has 0 aliphatic heterocycles. The van der Waals surface area contributed by atoms with E-state index in [1.165, 1.54) is 157 Å². The average Bonchev–Trinajstić information content (AvgIpc) is 1.60. The summed E-state index contributed by atoms with van der Waals surface area (Å²) in [7, 11) is 8.55. The van der Waals surface area contributed by atoms with E-state index < -0.39 is 0 Å². The standard InChI is InChI=1S/2C28H25N.2C22H21N/c1-28(2)26-12-8-7-11-24(26)25-19-23(17-18-27(25)28)29(3)22-15-13-21(14-16-22)20-9-5-4-6-10-20;1-28(2)26-12-8-7-11-24(26)25-18-17-23(19-27(25)28)29(3)22-15-13-21(14-16-22)20-9-5-4-6-10-20;1-22(2)20-12-8-7-11-18(20)19-15-17(13-14-21(19)22)23(3)16-9-5-4-6-10-16;1-22(2)20-12-8-7-11-18(20)19-14-13-17(15-21(19)22)23(3)16-9-5-4-6-10-16/h2*4-19H,1-3H3;2*4-15H,1-3H3. The molecule has 104 heavy (non-hydrogen) atoms. The molecule has 4 heteroatoms. The topological polar surface area (TPSA) is 13.0 Å². The molecule has 18 rings (SSSR count). The molecule has 0 atom stereocenters. The zero-order chi connectivity index (χ0) is 72.1. The number of rotatable bonds is 10. The zero-order valence-electron chi connectivity index (χ0n) is 62.1. The molecule has 0 bridgehead atoms. The number of para-hydroxylation sites is 2. The third-order valence-electron chi connectivity index (χ3n) is 22.8. The molecular weight excluding hydrogens is 1260 g/mol. The van der Waals surface area contributed by atoms with Crippen molar-refractivity contribution in [2.75, 3.05) is 47.8 Å². The molecule has 0 aromatic heterocycles. The van der Waals surface area contributed by atoms with E-state index >= 15 is 0 Å². The van der Waals surface area contributed by atoms with Gasteiger partial charge in [0, 0.05) is 95.3 Å². The van der Waals surface area contributed by atoms with E-state index in [9.17, 15) is 0 Å². The zero-order valence-corrected chi connectivity index (χ0v) is 62.1. The smallest absolute Gasteiger partial charge is 0.0414 e. The summed E-state index contributed by atoms with van der Waals surface area (Å²) in [6.45, 7) is 18.6. The van der Waals surface area contributed by atoms with E-state index in [0.29, 0.717) is 0 Å². The predicted octanol–water partition coefficient (Wildman–Crippen LogP) is 26.4. The molecule has 0 saturated carbocycles. The Morgan fingerprint density at radius 2 is 0.356 bits per heavy atom. The van der Waals surface area contributed by atoms with Gasteiger partial charge in [-0.25, -0.2) is 0 Å². The third-order valence-corrected chi connectivity index (χ3v) is 22.8. The molecule has 4 aliphatic rings. The summed E-state index contributed by atoms with van der Waals surface area (Å²) < 4.78 is 0. The number of anilines is 8. The van der Waals surface area contributed by atoms with E-state index in [2.05, 4.69) is 443 Å². The molecule has 0 amide bonds. The van der Waals surface area contributed by atoms with Gasteiger partial charge >= 0.3 is 0 Å². The maximum absolute atomic E-state index is 2.36. The summed E-state index contributed by atoms with van der Waals surface area (Å²) in [6.07, 6.45) is 0. The van der Waals surface area contributed by atoms with E-state index in [-0.39, 0.29) is 21.7 Å². The van der Waals surface area contributed by atoms with Crippen LogP contribution in [0, 0.1) is 0 Å². The number of fused-ring (bicyclic) bond motifs is 12. The molecule has 0 radical (unpaired) electrons. The number of hydrogen-bond donors (Lipinski definition) is 0. The van der Waals surface area contributed by atoms with E-state index in [4.69, 9.17) is 0 Å². The first-order valence-electron chi connectivity index (χ1n) is 36.6. The van der Waals surface area contributed by atoms with Crippen molar-refractivity contribution in [3.8, 4) is 66.8 Å². The molecule has 4 aliphatic carbocycles. The third kappa shape index (κ3) is 12.5. The summed E-state index contributed by atoms with van der Waals surface area (Å²) in [5.74, 6) is 0. The predicted molar refractivity (Wildman–Crippen MR) is 445 cm³/mol. The van der Waals surface area contributed by atoms with E-state index in [1.54, 1.807) is 0 Å². The molecule has 0 unspecified atom stereocenters. The molecule has 0 fully saturated rings. The molecule has 0 N–H and O–H groups in total. The largest absolute Gasteiger partial charge is 0.345 e. The lowest BCUT2D eigenvalue weighted by Crippen LogP contribution is -2.16. The summed E-state index contributed by atoms with van der Waals surface area (Å²) >= 11 is 0. The van der Waals surface area contributed by atoms with Crippen LogP contribution >= 0.6 is 0 Å². The second-order valence-electron chi connectivity index (χ2n) is 30.3. The Kier molecular flexibility index (Phi) is 18.0. The van der Waals surface area contributed by atoms with Crippen LogP contribution in [0.3, 0.4) is 0 Å². The van der Waals surface area contributed by atoms with Gasteiger partial charge in [-0.1, -0.05) is 298 Å². The number of nitrogens with zero attached hydrogens (tertiary/aromatic N) is 4. The molecule has 4 nitrogen and oxygen atoms in total. The van der Waals surface area contributed by atoms with Crippen molar-refractivity contribution in [3.63, 3.8) is 0 Å². The second-order valence-corrected chi connectivity index (χ2v) is 30.3. The Labute approximate surface area is 617 Å². The van der Waals surface area contributed by atoms with Gasteiger partial charge in [0.1, 0.15) is 0 Å². The van der Waals surface area contributed by atoms with Gasteiger partial charge in [0.25, 0.3) is 0 Å². The van der Waals surface area contributed by atoms with Crippen molar-refractivity contribution >= 4 is 45.5 Å². The summed E-state index contributed by atoms with van der Waals surface area (Å²) in [5, 5.41) is 0. The SMILES string of the molecule is CN(c1ccc(-c2ccccc2)cc1)c1ccc2c(c1)-c1ccccc1C2(C)C.CN(c1ccc(-c2ccccc2)cc1)c1ccc2c(c1)C(C)(C)c1ccccc1-2.CN(c1ccccc1)c1ccc2c(c1)-c1ccccc1C2(C)C.CN(c1ccccc1)c1ccc2c(c1)C(C)(C)c1ccccc1-2. The quantitative estimate of drug-likeness (QED) is 0.135. The molecule has 0 heterocycles. The molecule has 14 aromatic carbocycles. The van der Waals surface area contributed by atoms with Gasteiger partial charge in [-0.2, -0.15) is 0 Å². The van der Waals surface area contributed by atoms with Crippen molar-refractivity contribution in [1.29, 1.82) is 0 Å². The maximum Gasteiger partial charge on any atom is 0.0414 e. The molecule has 14 aromatic rings. The van der Waals surface area contributed by atoms with Gasteiger partial charge in [0.05, 0.1) is 0 Å².